The Kier molecular flexibility index (Phi) is 5.54. The Morgan fingerprint density at radius 1 is 1.12 bits per heavy atom. The lowest BCUT2D eigenvalue weighted by molar-refractivity contribution is -0.122. The average molecular weight is 329 g/mol. The molecule has 128 valence electrons. The number of imide groups is 1. The van der Waals surface area contributed by atoms with E-state index >= 15 is 0 Å². The molecule has 0 aromatic heterocycles. The summed E-state index contributed by atoms with van der Waals surface area (Å²) in [5.41, 5.74) is 1.46. The van der Waals surface area contributed by atoms with Crippen molar-refractivity contribution in [2.45, 2.75) is 52.9 Å². The van der Waals surface area contributed by atoms with E-state index in [0.29, 0.717) is 23.2 Å². The number of benzene rings is 1. The first-order valence-corrected chi connectivity index (χ1v) is 8.31. The van der Waals surface area contributed by atoms with Crippen molar-refractivity contribution in [1.29, 1.82) is 0 Å². The zero-order chi connectivity index (χ0) is 17.9. The summed E-state index contributed by atoms with van der Waals surface area (Å²) in [7, 11) is 0. The number of allylic oxidation sites excluding steroid dienone is 1. The number of aliphatic hydroxyl groups is 1. The average Bonchev–Trinajstić information content (AvgIpc) is 2.82. The van der Waals surface area contributed by atoms with Gasteiger partial charge in [-0.1, -0.05) is 26.2 Å². The van der Waals surface area contributed by atoms with E-state index in [-0.39, 0.29) is 17.1 Å². The number of nitrogens with zero attached hydrogens (tertiary/aromatic N) is 1. The number of hydrogen-bond donors (Lipinski definition) is 1. The predicted octanol–water partition coefficient (Wildman–Crippen LogP) is 4.02. The Labute approximate surface area is 142 Å². The maximum Gasteiger partial charge on any atom is 0.269 e. The van der Waals surface area contributed by atoms with Crippen LogP contribution in [0.15, 0.2) is 24.0 Å². The van der Waals surface area contributed by atoms with E-state index in [1.165, 1.54) is 13.8 Å². The molecular weight excluding hydrogens is 306 g/mol. The zero-order valence-electron chi connectivity index (χ0n) is 14.4. The molecule has 5 heteroatoms. The van der Waals surface area contributed by atoms with E-state index in [9.17, 15) is 19.5 Å². The molecule has 1 aromatic rings. The van der Waals surface area contributed by atoms with Gasteiger partial charge in [0.15, 0.2) is 5.78 Å². The first-order chi connectivity index (χ1) is 11.4. The molecule has 5 nitrogen and oxygen atoms in total. The number of aliphatic hydroxyl groups excluding tert-OH is 1. The summed E-state index contributed by atoms with van der Waals surface area (Å²) in [6.45, 7) is 4.85. The standard InChI is InChI=1S/C19H23NO4/c1-4-5-6-7-8-17(23)18-15-11-14(12(2)21)9-10-16(15)20(13(3)22)19(18)24/h9-11,23H,4-8H2,1-3H3/b18-17-. The number of fused-ring (bicyclic) bond motifs is 1. The Morgan fingerprint density at radius 2 is 1.83 bits per heavy atom. The highest BCUT2D eigenvalue weighted by atomic mass is 16.3. The lowest BCUT2D eigenvalue weighted by Gasteiger charge is -2.12. The molecule has 1 heterocycles. The largest absolute Gasteiger partial charge is 0.511 e. The molecule has 0 aliphatic carbocycles. The number of carbonyl (C=O) groups is 3. The van der Waals surface area contributed by atoms with E-state index in [0.717, 1.165) is 30.6 Å². The summed E-state index contributed by atoms with van der Waals surface area (Å²) in [4.78, 5) is 37.1. The SMILES string of the molecule is CCCCCC/C(O)=C1/C(=O)N(C(C)=O)c2ccc(C(C)=O)cc21. The molecular formula is C19H23NO4. The molecule has 1 aliphatic rings. The van der Waals surface area contributed by atoms with Gasteiger partial charge in [0.05, 0.1) is 11.3 Å². The van der Waals surface area contributed by atoms with Crippen molar-refractivity contribution in [2.75, 3.05) is 4.90 Å². The van der Waals surface area contributed by atoms with Gasteiger partial charge in [0.25, 0.3) is 5.91 Å². The van der Waals surface area contributed by atoms with Crippen LogP contribution in [0.2, 0.25) is 0 Å². The number of ketones is 1. The van der Waals surface area contributed by atoms with E-state index in [1.807, 2.05) is 0 Å². The summed E-state index contributed by atoms with van der Waals surface area (Å²) >= 11 is 0. The van der Waals surface area contributed by atoms with E-state index in [1.54, 1.807) is 18.2 Å². The lowest BCUT2D eigenvalue weighted by Crippen LogP contribution is -2.31. The topological polar surface area (TPSA) is 74.7 Å². The van der Waals surface area contributed by atoms with Crippen molar-refractivity contribution < 1.29 is 19.5 Å². The third kappa shape index (κ3) is 3.40. The minimum Gasteiger partial charge on any atom is -0.511 e. The zero-order valence-corrected chi connectivity index (χ0v) is 14.4. The van der Waals surface area contributed by atoms with Gasteiger partial charge in [0.1, 0.15) is 5.76 Å². The van der Waals surface area contributed by atoms with Crippen molar-refractivity contribution in [3.63, 3.8) is 0 Å². The first kappa shape index (κ1) is 17.9. The first-order valence-electron chi connectivity index (χ1n) is 8.31. The van der Waals surface area contributed by atoms with Gasteiger partial charge in [0.2, 0.25) is 5.91 Å². The summed E-state index contributed by atoms with van der Waals surface area (Å²) in [5.74, 6) is -1.08. The van der Waals surface area contributed by atoms with Crippen LogP contribution in [0.5, 0.6) is 0 Å². The number of amides is 2. The van der Waals surface area contributed by atoms with Crippen LogP contribution in [-0.4, -0.2) is 22.7 Å². The minimum absolute atomic E-state index is 0.0122. The lowest BCUT2D eigenvalue weighted by atomic mass is 9.99. The van der Waals surface area contributed by atoms with Gasteiger partial charge in [-0.2, -0.15) is 0 Å². The number of unbranched alkanes of at least 4 members (excludes halogenated alkanes) is 3. The van der Waals surface area contributed by atoms with Gasteiger partial charge in [0, 0.05) is 24.5 Å². The molecule has 1 aliphatic heterocycles. The van der Waals surface area contributed by atoms with Crippen LogP contribution in [0.3, 0.4) is 0 Å². The van der Waals surface area contributed by atoms with Gasteiger partial charge in [-0.05, 0) is 31.5 Å². The molecule has 0 radical (unpaired) electrons. The smallest absolute Gasteiger partial charge is 0.269 e. The number of rotatable bonds is 6. The van der Waals surface area contributed by atoms with Gasteiger partial charge < -0.3 is 5.11 Å². The van der Waals surface area contributed by atoms with Gasteiger partial charge in [-0.3, -0.25) is 14.4 Å². The number of hydrogen-bond acceptors (Lipinski definition) is 4. The Hall–Kier alpha value is -2.43. The summed E-state index contributed by atoms with van der Waals surface area (Å²) in [6.07, 6.45) is 4.29. The predicted molar refractivity (Wildman–Crippen MR) is 92.9 cm³/mol. The van der Waals surface area contributed by atoms with Crippen molar-refractivity contribution in [2.24, 2.45) is 0 Å². The highest BCUT2D eigenvalue weighted by Crippen LogP contribution is 2.39. The third-order valence-electron chi connectivity index (χ3n) is 4.20. The van der Waals surface area contributed by atoms with Crippen LogP contribution in [0.4, 0.5) is 5.69 Å². The van der Waals surface area contributed by atoms with Crippen molar-refractivity contribution >= 4 is 28.9 Å². The van der Waals surface area contributed by atoms with Gasteiger partial charge in [-0.15, -0.1) is 0 Å². The number of carbonyl (C=O) groups excluding carboxylic acids is 3. The van der Waals surface area contributed by atoms with Crippen molar-refractivity contribution in [3.8, 4) is 0 Å². The summed E-state index contributed by atoms with van der Waals surface area (Å²) < 4.78 is 0. The van der Waals surface area contributed by atoms with Crippen molar-refractivity contribution in [3.05, 3.63) is 35.1 Å². The normalized spacial score (nSPS) is 15.5. The fraction of sp³-hybridized carbons (Fsp3) is 0.421. The number of Topliss-reactive ketones (excluding diaryl/α,β-unsaturated/α-hetero) is 1. The number of anilines is 1. The second kappa shape index (κ2) is 7.43. The second-order valence-electron chi connectivity index (χ2n) is 6.08. The molecule has 1 aromatic carbocycles. The molecule has 0 atom stereocenters. The summed E-state index contributed by atoms with van der Waals surface area (Å²) in [6, 6.07) is 4.75. The fourth-order valence-corrected chi connectivity index (χ4v) is 2.92. The molecule has 2 rings (SSSR count). The Morgan fingerprint density at radius 3 is 2.42 bits per heavy atom. The molecule has 0 fully saturated rings. The molecule has 0 bridgehead atoms. The van der Waals surface area contributed by atoms with Crippen molar-refractivity contribution in [1.82, 2.24) is 0 Å². The van der Waals surface area contributed by atoms with E-state index < -0.39 is 11.8 Å². The molecule has 0 unspecified atom stereocenters. The molecule has 1 N–H and O–H groups in total. The molecule has 0 saturated heterocycles. The maximum absolute atomic E-state index is 12.6. The Bertz CT molecular complexity index is 718. The quantitative estimate of drug-likeness (QED) is 0.370. The molecule has 0 saturated carbocycles. The monoisotopic (exact) mass is 329 g/mol. The van der Waals surface area contributed by atoms with Crippen LogP contribution in [0.25, 0.3) is 5.57 Å². The van der Waals surface area contributed by atoms with E-state index in [4.69, 9.17) is 0 Å². The van der Waals surface area contributed by atoms with Gasteiger partial charge >= 0.3 is 0 Å². The highest BCUT2D eigenvalue weighted by molar-refractivity contribution is 6.40. The van der Waals surface area contributed by atoms with Crippen LogP contribution in [-0.2, 0) is 9.59 Å². The molecule has 24 heavy (non-hydrogen) atoms. The maximum atomic E-state index is 12.6. The van der Waals surface area contributed by atoms with E-state index in [2.05, 4.69) is 6.92 Å². The van der Waals surface area contributed by atoms with Crippen LogP contribution >= 0.6 is 0 Å². The summed E-state index contributed by atoms with van der Waals surface area (Å²) in [5, 5.41) is 10.4. The molecule has 0 spiro atoms. The second-order valence-corrected chi connectivity index (χ2v) is 6.08. The minimum atomic E-state index is -0.522. The fourth-order valence-electron chi connectivity index (χ4n) is 2.92. The van der Waals surface area contributed by atoms with Crippen LogP contribution in [0, 0.1) is 0 Å². The third-order valence-corrected chi connectivity index (χ3v) is 4.20. The highest BCUT2D eigenvalue weighted by Gasteiger charge is 2.37. The van der Waals surface area contributed by atoms with Gasteiger partial charge in [-0.25, -0.2) is 4.90 Å². The Balaban J connectivity index is 2.45. The van der Waals surface area contributed by atoms with Crippen LogP contribution < -0.4 is 4.90 Å². The van der Waals surface area contributed by atoms with Crippen LogP contribution in [0.1, 0.15) is 68.8 Å². The molecule has 2 amide bonds.